The smallest absolute Gasteiger partial charge is 0.337 e. The van der Waals surface area contributed by atoms with Crippen LogP contribution in [0.3, 0.4) is 0 Å². The highest BCUT2D eigenvalue weighted by Crippen LogP contribution is 2.26. The molecule has 3 aromatic carbocycles. The maximum atomic E-state index is 13.3. The lowest BCUT2D eigenvalue weighted by Crippen LogP contribution is -2.45. The highest BCUT2D eigenvalue weighted by atomic mass is 16.5. The second-order valence-corrected chi connectivity index (χ2v) is 8.86. The van der Waals surface area contributed by atoms with Crippen LogP contribution in [0.5, 0.6) is 0 Å². The predicted octanol–water partition coefficient (Wildman–Crippen LogP) is 2.67. The molecule has 0 aromatic heterocycles. The van der Waals surface area contributed by atoms with Crippen molar-refractivity contribution < 1.29 is 33.4 Å². The molecule has 1 fully saturated rings. The van der Waals surface area contributed by atoms with Gasteiger partial charge >= 0.3 is 11.9 Å². The first-order valence-electron chi connectivity index (χ1n) is 12.2. The van der Waals surface area contributed by atoms with E-state index in [4.69, 9.17) is 4.74 Å². The molecule has 200 valence electrons. The van der Waals surface area contributed by atoms with Crippen molar-refractivity contribution in [2.24, 2.45) is 5.92 Å². The van der Waals surface area contributed by atoms with E-state index < -0.39 is 48.1 Å². The van der Waals surface area contributed by atoms with E-state index in [-0.39, 0.29) is 13.0 Å². The minimum absolute atomic E-state index is 0.0731. The molecule has 10 heteroatoms. The van der Waals surface area contributed by atoms with Crippen LogP contribution in [-0.2, 0) is 28.7 Å². The minimum atomic E-state index is -0.836. The van der Waals surface area contributed by atoms with Crippen LogP contribution in [-0.4, -0.2) is 54.9 Å². The molecule has 0 unspecified atom stereocenters. The molecule has 10 nitrogen and oxygen atoms in total. The normalized spacial score (nSPS) is 14.6. The lowest BCUT2D eigenvalue weighted by atomic mass is 9.91. The van der Waals surface area contributed by atoms with Crippen LogP contribution in [0.2, 0.25) is 0 Å². The number of amides is 3. The first-order chi connectivity index (χ1) is 18.9. The lowest BCUT2D eigenvalue weighted by molar-refractivity contribution is -0.151. The Hall–Kier alpha value is -4.99. The van der Waals surface area contributed by atoms with Gasteiger partial charge in [0.05, 0.1) is 31.1 Å². The lowest BCUT2D eigenvalue weighted by Gasteiger charge is -2.23. The third kappa shape index (κ3) is 6.86. The van der Waals surface area contributed by atoms with Crippen molar-refractivity contribution in [3.8, 4) is 0 Å². The Morgan fingerprint density at radius 1 is 0.897 bits per heavy atom. The van der Waals surface area contributed by atoms with E-state index in [2.05, 4.69) is 15.5 Å². The summed E-state index contributed by atoms with van der Waals surface area (Å²) in [4.78, 5) is 62.2. The van der Waals surface area contributed by atoms with Gasteiger partial charge < -0.3 is 14.8 Å². The van der Waals surface area contributed by atoms with Crippen molar-refractivity contribution in [3.63, 3.8) is 0 Å². The number of carbonyl (C=O) groups excluding carboxylic acids is 5. The van der Waals surface area contributed by atoms with Crippen molar-refractivity contribution in [2.45, 2.75) is 12.3 Å². The van der Waals surface area contributed by atoms with Crippen molar-refractivity contribution in [1.29, 1.82) is 0 Å². The summed E-state index contributed by atoms with van der Waals surface area (Å²) in [7, 11) is 1.27. The average molecular weight is 530 g/mol. The van der Waals surface area contributed by atoms with Gasteiger partial charge in [0.1, 0.15) is 0 Å². The molecule has 2 N–H and O–H groups in total. The predicted molar refractivity (Wildman–Crippen MR) is 140 cm³/mol. The third-order valence-corrected chi connectivity index (χ3v) is 6.17. The molecule has 0 spiro atoms. The molecule has 3 aromatic rings. The Bertz CT molecular complexity index is 1300. The number of ether oxygens (including phenoxy) is 2. The van der Waals surface area contributed by atoms with Gasteiger partial charge in [-0.2, -0.15) is 0 Å². The minimum Gasteiger partial charge on any atom is -0.465 e. The number of esters is 2. The van der Waals surface area contributed by atoms with Crippen molar-refractivity contribution in [3.05, 3.63) is 102 Å². The Morgan fingerprint density at radius 2 is 1.49 bits per heavy atom. The molecular formula is C29H27N3O7. The van der Waals surface area contributed by atoms with Crippen LogP contribution in [0, 0.1) is 5.92 Å². The van der Waals surface area contributed by atoms with E-state index in [1.165, 1.54) is 31.4 Å². The number of rotatable bonds is 9. The number of hydrazine groups is 1. The standard InChI is InChI=1S/C29H27N3O7/c1-38-28(36)21-12-14-23(15-13-21)30-24(33)18-39-29(37)22-16-25(34)32(17-22)31-27(35)26(19-8-4-2-5-9-19)20-10-6-3-7-11-20/h2-15,22,26H,16-18H2,1H3,(H,30,33)(H,31,35)/t22-/m1/s1. The zero-order valence-electron chi connectivity index (χ0n) is 21.2. The maximum absolute atomic E-state index is 13.3. The van der Waals surface area contributed by atoms with Gasteiger partial charge in [-0.1, -0.05) is 60.7 Å². The first kappa shape index (κ1) is 27.1. The van der Waals surface area contributed by atoms with E-state index >= 15 is 0 Å². The number of anilines is 1. The summed E-state index contributed by atoms with van der Waals surface area (Å²) in [5.41, 5.74) is 4.89. The number of hydrogen-bond acceptors (Lipinski definition) is 7. The Kier molecular flexibility index (Phi) is 8.67. The van der Waals surface area contributed by atoms with Gasteiger partial charge in [-0.05, 0) is 35.4 Å². The molecule has 0 bridgehead atoms. The molecule has 0 aliphatic carbocycles. The number of benzene rings is 3. The number of nitrogens with one attached hydrogen (secondary N) is 2. The first-order valence-corrected chi connectivity index (χ1v) is 12.2. The topological polar surface area (TPSA) is 131 Å². The zero-order chi connectivity index (χ0) is 27.8. The monoisotopic (exact) mass is 529 g/mol. The highest BCUT2D eigenvalue weighted by Gasteiger charge is 2.37. The van der Waals surface area contributed by atoms with Crippen LogP contribution in [0.25, 0.3) is 0 Å². The van der Waals surface area contributed by atoms with Crippen LogP contribution in [0.1, 0.15) is 33.8 Å². The number of carbonyl (C=O) groups is 5. The van der Waals surface area contributed by atoms with Crippen molar-refractivity contribution in [1.82, 2.24) is 10.4 Å². The van der Waals surface area contributed by atoms with Gasteiger partial charge in [0.15, 0.2) is 6.61 Å². The van der Waals surface area contributed by atoms with Gasteiger partial charge in [-0.25, -0.2) is 4.79 Å². The van der Waals surface area contributed by atoms with E-state index in [1.54, 1.807) is 0 Å². The summed E-state index contributed by atoms with van der Waals surface area (Å²) < 4.78 is 9.74. The Labute approximate surface area is 224 Å². The summed E-state index contributed by atoms with van der Waals surface area (Å²) in [6.07, 6.45) is -0.156. The molecule has 1 saturated heterocycles. The second kappa shape index (κ2) is 12.5. The fraction of sp³-hybridized carbons (Fsp3) is 0.207. The van der Waals surface area contributed by atoms with E-state index in [0.717, 1.165) is 16.1 Å². The summed E-state index contributed by atoms with van der Waals surface area (Å²) in [5, 5.41) is 3.68. The fourth-order valence-corrected chi connectivity index (χ4v) is 4.22. The largest absolute Gasteiger partial charge is 0.465 e. The fourth-order valence-electron chi connectivity index (χ4n) is 4.22. The molecule has 0 saturated carbocycles. The van der Waals surface area contributed by atoms with E-state index in [0.29, 0.717) is 11.3 Å². The second-order valence-electron chi connectivity index (χ2n) is 8.86. The molecule has 1 heterocycles. The van der Waals surface area contributed by atoms with Crippen LogP contribution in [0.15, 0.2) is 84.9 Å². The number of nitrogens with zero attached hydrogens (tertiary/aromatic N) is 1. The van der Waals surface area contributed by atoms with E-state index in [1.807, 2.05) is 60.7 Å². The van der Waals surface area contributed by atoms with Crippen LogP contribution in [0.4, 0.5) is 5.69 Å². The molecule has 39 heavy (non-hydrogen) atoms. The van der Waals surface area contributed by atoms with Gasteiger partial charge in [0.25, 0.3) is 11.8 Å². The SMILES string of the molecule is COC(=O)c1ccc(NC(=O)COC(=O)[C@@H]2CC(=O)N(NC(=O)C(c3ccccc3)c3ccccc3)C2)cc1. The van der Waals surface area contributed by atoms with Gasteiger partial charge in [-0.3, -0.25) is 29.6 Å². The average Bonchev–Trinajstić information content (AvgIpc) is 3.32. The van der Waals surface area contributed by atoms with Crippen molar-refractivity contribution in [2.75, 3.05) is 25.6 Å². The van der Waals surface area contributed by atoms with Gasteiger partial charge in [-0.15, -0.1) is 0 Å². The van der Waals surface area contributed by atoms with Crippen molar-refractivity contribution >= 4 is 35.3 Å². The highest BCUT2D eigenvalue weighted by molar-refractivity contribution is 5.95. The third-order valence-electron chi connectivity index (χ3n) is 6.17. The number of methoxy groups -OCH3 is 1. The molecule has 0 radical (unpaired) electrons. The molecule has 1 atom stereocenters. The zero-order valence-corrected chi connectivity index (χ0v) is 21.2. The molecule has 3 amide bonds. The maximum Gasteiger partial charge on any atom is 0.337 e. The van der Waals surface area contributed by atoms with E-state index in [9.17, 15) is 24.0 Å². The number of hydrogen-bond donors (Lipinski definition) is 2. The summed E-state index contributed by atoms with van der Waals surface area (Å²) >= 11 is 0. The van der Waals surface area contributed by atoms with Gasteiger partial charge in [0, 0.05) is 12.1 Å². The Balaban J connectivity index is 1.31. The molecule has 1 aliphatic heterocycles. The quantitative estimate of drug-likeness (QED) is 0.408. The summed E-state index contributed by atoms with van der Waals surface area (Å²) in [6, 6.07) is 24.4. The van der Waals surface area contributed by atoms with Crippen LogP contribution >= 0.6 is 0 Å². The summed E-state index contributed by atoms with van der Waals surface area (Å²) in [5.74, 6) is -4.15. The molecule has 4 rings (SSSR count). The van der Waals surface area contributed by atoms with Crippen LogP contribution < -0.4 is 10.7 Å². The Morgan fingerprint density at radius 3 is 2.05 bits per heavy atom. The summed E-state index contributed by atoms with van der Waals surface area (Å²) in [6.45, 7) is -0.630. The van der Waals surface area contributed by atoms with Gasteiger partial charge in [0.2, 0.25) is 5.91 Å². The molecule has 1 aliphatic rings. The molecular weight excluding hydrogens is 502 g/mol.